The van der Waals surface area contributed by atoms with Crippen LogP contribution in [0.15, 0.2) is 23.9 Å². The van der Waals surface area contributed by atoms with Gasteiger partial charge in [-0.1, -0.05) is 12.2 Å². The van der Waals surface area contributed by atoms with Gasteiger partial charge >= 0.3 is 6.09 Å². The van der Waals surface area contributed by atoms with Crippen LogP contribution in [0.2, 0.25) is 0 Å². The monoisotopic (exact) mass is 209 g/mol. The third-order valence-corrected chi connectivity index (χ3v) is 1.95. The molecule has 3 nitrogen and oxygen atoms in total. The van der Waals surface area contributed by atoms with Gasteiger partial charge in [0.1, 0.15) is 5.60 Å². The average Bonchev–Trinajstić information content (AvgIpc) is 1.93. The van der Waals surface area contributed by atoms with E-state index in [1.807, 2.05) is 33.8 Å². The van der Waals surface area contributed by atoms with E-state index in [0.717, 1.165) is 17.7 Å². The van der Waals surface area contributed by atoms with E-state index in [4.69, 9.17) is 4.74 Å². The summed E-state index contributed by atoms with van der Waals surface area (Å²) in [5, 5.41) is 0. The summed E-state index contributed by atoms with van der Waals surface area (Å²) in [6.07, 6.45) is 2.51. The van der Waals surface area contributed by atoms with E-state index in [1.54, 1.807) is 4.90 Å². The molecule has 15 heavy (non-hydrogen) atoms. The van der Waals surface area contributed by atoms with Crippen molar-refractivity contribution in [3.63, 3.8) is 0 Å². The molecule has 0 spiro atoms. The Bertz CT molecular complexity index is 310. The van der Waals surface area contributed by atoms with E-state index in [1.165, 1.54) is 0 Å². The van der Waals surface area contributed by atoms with Crippen molar-refractivity contribution in [3.05, 3.63) is 23.9 Å². The normalized spacial score (nSPS) is 15.5. The standard InChI is InChI=1S/C12H19NO2/c1-9(2)8-10-6-7-13(10)11(14)15-12(3,4)5/h6H,1,7-8H2,2-5H3. The zero-order valence-corrected chi connectivity index (χ0v) is 9.96. The average molecular weight is 209 g/mol. The molecule has 0 aromatic heterocycles. The van der Waals surface area contributed by atoms with Crippen LogP contribution in [-0.4, -0.2) is 23.1 Å². The third kappa shape index (κ3) is 3.42. The van der Waals surface area contributed by atoms with Crippen LogP contribution in [0.3, 0.4) is 0 Å². The Balaban J connectivity index is 2.51. The lowest BCUT2D eigenvalue weighted by atomic mass is 10.1. The van der Waals surface area contributed by atoms with Crippen LogP contribution in [0.4, 0.5) is 4.79 Å². The molecule has 1 aliphatic heterocycles. The highest BCUT2D eigenvalue weighted by atomic mass is 16.6. The van der Waals surface area contributed by atoms with E-state index >= 15 is 0 Å². The van der Waals surface area contributed by atoms with Crippen molar-refractivity contribution in [1.29, 1.82) is 0 Å². The van der Waals surface area contributed by atoms with Crippen molar-refractivity contribution in [2.24, 2.45) is 0 Å². The van der Waals surface area contributed by atoms with Gasteiger partial charge in [0.2, 0.25) is 0 Å². The van der Waals surface area contributed by atoms with Crippen LogP contribution in [0.25, 0.3) is 0 Å². The number of amides is 1. The number of carbonyl (C=O) groups is 1. The van der Waals surface area contributed by atoms with Crippen LogP contribution in [0.5, 0.6) is 0 Å². The van der Waals surface area contributed by atoms with Gasteiger partial charge < -0.3 is 4.74 Å². The first kappa shape index (κ1) is 11.8. The quantitative estimate of drug-likeness (QED) is 0.654. The Kier molecular flexibility index (Phi) is 3.22. The zero-order valence-electron chi connectivity index (χ0n) is 9.96. The summed E-state index contributed by atoms with van der Waals surface area (Å²) in [4.78, 5) is 13.3. The summed E-state index contributed by atoms with van der Waals surface area (Å²) in [6.45, 7) is 12.0. The van der Waals surface area contributed by atoms with Gasteiger partial charge in [-0.15, -0.1) is 0 Å². The molecule has 1 amide bonds. The molecule has 0 saturated heterocycles. The predicted molar refractivity (Wildman–Crippen MR) is 60.5 cm³/mol. The minimum Gasteiger partial charge on any atom is -0.443 e. The maximum Gasteiger partial charge on any atom is 0.414 e. The summed E-state index contributed by atoms with van der Waals surface area (Å²) < 4.78 is 5.27. The molecule has 0 unspecified atom stereocenters. The van der Waals surface area contributed by atoms with Gasteiger partial charge in [0.05, 0.1) is 0 Å². The molecule has 1 aliphatic rings. The lowest BCUT2D eigenvalue weighted by Gasteiger charge is -2.33. The van der Waals surface area contributed by atoms with Crippen LogP contribution in [-0.2, 0) is 4.74 Å². The molecular weight excluding hydrogens is 190 g/mol. The highest BCUT2D eigenvalue weighted by Crippen LogP contribution is 2.24. The van der Waals surface area contributed by atoms with Crippen LogP contribution in [0.1, 0.15) is 34.1 Å². The van der Waals surface area contributed by atoms with Crippen LogP contribution >= 0.6 is 0 Å². The molecule has 3 heteroatoms. The highest BCUT2D eigenvalue weighted by Gasteiger charge is 2.28. The molecule has 0 saturated carbocycles. The van der Waals surface area contributed by atoms with Gasteiger partial charge in [0.15, 0.2) is 0 Å². The number of ether oxygens (including phenoxy) is 1. The third-order valence-electron chi connectivity index (χ3n) is 1.95. The van der Waals surface area contributed by atoms with E-state index in [0.29, 0.717) is 6.54 Å². The Morgan fingerprint density at radius 1 is 1.60 bits per heavy atom. The molecule has 0 aromatic rings. The van der Waals surface area contributed by atoms with Crippen molar-refractivity contribution in [2.45, 2.75) is 39.7 Å². The molecule has 84 valence electrons. The molecule has 0 aliphatic carbocycles. The number of nitrogens with zero attached hydrogens (tertiary/aromatic N) is 1. The predicted octanol–water partition coefficient (Wildman–Crippen LogP) is 3.09. The van der Waals surface area contributed by atoms with Crippen molar-refractivity contribution in [1.82, 2.24) is 4.90 Å². The molecule has 0 aromatic carbocycles. The topological polar surface area (TPSA) is 29.5 Å². The first-order chi connectivity index (χ1) is 6.79. The Hall–Kier alpha value is -1.25. The summed E-state index contributed by atoms with van der Waals surface area (Å²) in [6, 6.07) is 0. The summed E-state index contributed by atoms with van der Waals surface area (Å²) >= 11 is 0. The Morgan fingerprint density at radius 3 is 2.53 bits per heavy atom. The second-order valence-corrected chi connectivity index (χ2v) is 4.92. The SMILES string of the molecule is C=C(C)CC1=CCN1C(=O)OC(C)(C)C. The fourth-order valence-corrected chi connectivity index (χ4v) is 1.30. The maximum absolute atomic E-state index is 11.7. The van der Waals surface area contributed by atoms with Crippen molar-refractivity contribution >= 4 is 6.09 Å². The van der Waals surface area contributed by atoms with Gasteiger partial charge in [0.25, 0.3) is 0 Å². The smallest absolute Gasteiger partial charge is 0.414 e. The second kappa shape index (κ2) is 4.09. The molecular formula is C12H19NO2. The number of hydrogen-bond acceptors (Lipinski definition) is 2. The van der Waals surface area contributed by atoms with Gasteiger partial charge in [0, 0.05) is 18.7 Å². The fraction of sp³-hybridized carbons (Fsp3) is 0.583. The lowest BCUT2D eigenvalue weighted by molar-refractivity contribution is 0.0295. The number of hydrogen-bond donors (Lipinski definition) is 0. The van der Waals surface area contributed by atoms with Gasteiger partial charge in [-0.25, -0.2) is 4.79 Å². The molecule has 0 N–H and O–H groups in total. The Labute approximate surface area is 91.4 Å². The minimum atomic E-state index is -0.430. The van der Waals surface area contributed by atoms with Crippen LogP contribution in [0, 0.1) is 0 Å². The van der Waals surface area contributed by atoms with Crippen molar-refractivity contribution in [2.75, 3.05) is 6.54 Å². The van der Waals surface area contributed by atoms with E-state index in [-0.39, 0.29) is 6.09 Å². The maximum atomic E-state index is 11.7. The number of rotatable bonds is 2. The largest absolute Gasteiger partial charge is 0.443 e. The number of allylic oxidation sites excluding steroid dienone is 1. The van der Waals surface area contributed by atoms with Crippen molar-refractivity contribution < 1.29 is 9.53 Å². The fourth-order valence-electron chi connectivity index (χ4n) is 1.30. The van der Waals surface area contributed by atoms with Gasteiger partial charge in [-0.3, -0.25) is 4.90 Å². The minimum absolute atomic E-state index is 0.263. The summed E-state index contributed by atoms with van der Waals surface area (Å²) in [5.41, 5.74) is 1.62. The van der Waals surface area contributed by atoms with E-state index in [9.17, 15) is 4.79 Å². The van der Waals surface area contributed by atoms with Crippen molar-refractivity contribution in [3.8, 4) is 0 Å². The number of carbonyl (C=O) groups excluding carboxylic acids is 1. The van der Waals surface area contributed by atoms with E-state index < -0.39 is 5.60 Å². The first-order valence-corrected chi connectivity index (χ1v) is 5.13. The summed E-state index contributed by atoms with van der Waals surface area (Å²) in [5.74, 6) is 0. The van der Waals surface area contributed by atoms with E-state index in [2.05, 4.69) is 6.58 Å². The molecule has 0 fully saturated rings. The highest BCUT2D eigenvalue weighted by molar-refractivity contribution is 5.72. The molecule has 1 rings (SSSR count). The molecule has 1 heterocycles. The molecule has 0 atom stereocenters. The Morgan fingerprint density at radius 2 is 2.20 bits per heavy atom. The second-order valence-electron chi connectivity index (χ2n) is 4.92. The molecule has 0 radical (unpaired) electrons. The van der Waals surface area contributed by atoms with Gasteiger partial charge in [-0.05, 0) is 33.8 Å². The van der Waals surface area contributed by atoms with Gasteiger partial charge in [-0.2, -0.15) is 0 Å². The lowest BCUT2D eigenvalue weighted by Crippen LogP contribution is -2.41. The zero-order chi connectivity index (χ0) is 11.6. The summed E-state index contributed by atoms with van der Waals surface area (Å²) in [7, 11) is 0. The van der Waals surface area contributed by atoms with Crippen LogP contribution < -0.4 is 0 Å². The molecule has 0 bridgehead atoms. The first-order valence-electron chi connectivity index (χ1n) is 5.13.